The maximum absolute atomic E-state index is 12.2. The molecule has 0 spiro atoms. The van der Waals surface area contributed by atoms with Gasteiger partial charge in [0.1, 0.15) is 22.7 Å². The Balaban J connectivity index is 2.80. The number of ether oxygens (including phenoxy) is 1. The van der Waals surface area contributed by atoms with Crippen LogP contribution in [0, 0.1) is 5.92 Å². The zero-order valence-electron chi connectivity index (χ0n) is 14.7. The normalized spacial score (nSPS) is 10.8. The van der Waals surface area contributed by atoms with Crippen LogP contribution in [-0.4, -0.2) is 33.7 Å². The maximum Gasteiger partial charge on any atom is 0.342 e. The fourth-order valence-electron chi connectivity index (χ4n) is 2.54. The van der Waals surface area contributed by atoms with Crippen LogP contribution in [0.25, 0.3) is 11.1 Å². The van der Waals surface area contributed by atoms with Gasteiger partial charge in [0, 0.05) is 16.1 Å². The lowest BCUT2D eigenvalue weighted by Gasteiger charge is -2.17. The van der Waals surface area contributed by atoms with Crippen molar-refractivity contribution in [2.24, 2.45) is 5.92 Å². The molecule has 0 saturated heterocycles. The number of carboxylic acids is 2. The van der Waals surface area contributed by atoms with Crippen molar-refractivity contribution < 1.29 is 24.5 Å². The topological polar surface area (TPSA) is 143 Å². The molecule has 9 heteroatoms. The molecule has 144 valence electrons. The van der Waals surface area contributed by atoms with Crippen molar-refractivity contribution in [1.82, 2.24) is 4.98 Å². The molecular weight excluding hydrogens is 376 g/mol. The Morgan fingerprint density at radius 1 is 1.22 bits per heavy atom. The number of hydrogen-bond acceptors (Lipinski definition) is 5. The van der Waals surface area contributed by atoms with E-state index in [2.05, 4.69) is 4.98 Å². The van der Waals surface area contributed by atoms with Gasteiger partial charge in [0.25, 0.3) is 5.56 Å². The number of hydrogen-bond donors (Lipinski definition) is 4. The van der Waals surface area contributed by atoms with Crippen LogP contribution < -0.4 is 16.0 Å². The third-order valence-electron chi connectivity index (χ3n) is 3.84. The van der Waals surface area contributed by atoms with E-state index >= 15 is 0 Å². The van der Waals surface area contributed by atoms with E-state index in [0.29, 0.717) is 12.5 Å². The SMILES string of the molecule is CC(C)CCOc1ccc(Cl)cc1-c1c(C(=O)O)c(N)[nH]c(=O)c1C(=O)O. The first-order valence-corrected chi connectivity index (χ1v) is 8.46. The van der Waals surface area contributed by atoms with Gasteiger partial charge in [-0.05, 0) is 30.5 Å². The van der Waals surface area contributed by atoms with Gasteiger partial charge in [0.2, 0.25) is 0 Å². The number of aromatic nitrogens is 1. The number of halogens is 1. The van der Waals surface area contributed by atoms with Crippen LogP contribution in [-0.2, 0) is 0 Å². The Hall–Kier alpha value is -3.00. The molecule has 0 bridgehead atoms. The molecule has 8 nitrogen and oxygen atoms in total. The molecule has 0 radical (unpaired) electrons. The fraction of sp³-hybridized carbons (Fsp3) is 0.278. The molecule has 27 heavy (non-hydrogen) atoms. The Morgan fingerprint density at radius 3 is 2.41 bits per heavy atom. The summed E-state index contributed by atoms with van der Waals surface area (Å²) in [5.41, 5.74) is 3.06. The van der Waals surface area contributed by atoms with Gasteiger partial charge in [0.15, 0.2) is 0 Å². The maximum atomic E-state index is 12.2. The number of anilines is 1. The number of carbonyl (C=O) groups is 2. The molecular formula is C18H19ClN2O6. The van der Waals surface area contributed by atoms with Crippen molar-refractivity contribution >= 4 is 29.4 Å². The number of H-pyrrole nitrogens is 1. The van der Waals surface area contributed by atoms with Crippen molar-refractivity contribution in [1.29, 1.82) is 0 Å². The number of nitrogens with one attached hydrogen (secondary N) is 1. The zero-order valence-corrected chi connectivity index (χ0v) is 15.5. The quantitative estimate of drug-likeness (QED) is 0.564. The lowest BCUT2D eigenvalue weighted by atomic mass is 9.94. The molecule has 2 rings (SSSR count). The van der Waals surface area contributed by atoms with Gasteiger partial charge in [-0.15, -0.1) is 0 Å². The standard InChI is InChI=1S/C18H19ClN2O6/c1-8(2)5-6-27-11-4-3-9(19)7-10(11)12-13(17(23)24)15(20)21-16(22)14(12)18(25)26/h3-4,7-8H,5-6H2,1-2H3,(H,23,24)(H,25,26)(H3,20,21,22). The van der Waals surface area contributed by atoms with Crippen molar-refractivity contribution in [2.45, 2.75) is 20.3 Å². The summed E-state index contributed by atoms with van der Waals surface area (Å²) in [6.07, 6.45) is 0.719. The van der Waals surface area contributed by atoms with Crippen LogP contribution in [0.4, 0.5) is 5.82 Å². The first kappa shape index (κ1) is 20.3. The van der Waals surface area contributed by atoms with E-state index < -0.39 is 34.4 Å². The predicted octanol–water partition coefficient (Wildman–Crippen LogP) is 3.10. The summed E-state index contributed by atoms with van der Waals surface area (Å²) in [5.74, 6) is -2.98. The second kappa shape index (κ2) is 8.13. The largest absolute Gasteiger partial charge is 0.493 e. The number of nitrogen functional groups attached to an aromatic ring is 1. The minimum Gasteiger partial charge on any atom is -0.493 e. The molecule has 1 aromatic carbocycles. The molecule has 0 aliphatic carbocycles. The van der Waals surface area contributed by atoms with Crippen LogP contribution >= 0.6 is 11.6 Å². The van der Waals surface area contributed by atoms with Crippen LogP contribution in [0.3, 0.4) is 0 Å². The van der Waals surface area contributed by atoms with E-state index in [9.17, 15) is 24.6 Å². The molecule has 1 heterocycles. The predicted molar refractivity (Wildman–Crippen MR) is 101 cm³/mol. The third-order valence-corrected chi connectivity index (χ3v) is 4.07. The van der Waals surface area contributed by atoms with Gasteiger partial charge >= 0.3 is 11.9 Å². The number of nitrogens with two attached hydrogens (primary N) is 1. The van der Waals surface area contributed by atoms with E-state index in [-0.39, 0.29) is 21.9 Å². The first-order valence-electron chi connectivity index (χ1n) is 8.08. The minimum atomic E-state index is -1.60. The monoisotopic (exact) mass is 394 g/mol. The van der Waals surface area contributed by atoms with Crippen molar-refractivity contribution in [3.63, 3.8) is 0 Å². The van der Waals surface area contributed by atoms with E-state index in [1.165, 1.54) is 18.2 Å². The minimum absolute atomic E-state index is 0.0684. The highest BCUT2D eigenvalue weighted by molar-refractivity contribution is 6.31. The average molecular weight is 395 g/mol. The van der Waals surface area contributed by atoms with Crippen LogP contribution in [0.1, 0.15) is 41.0 Å². The molecule has 0 unspecified atom stereocenters. The summed E-state index contributed by atoms with van der Waals surface area (Å²) >= 11 is 6.03. The molecule has 0 fully saturated rings. The fourth-order valence-corrected chi connectivity index (χ4v) is 2.72. The number of benzene rings is 1. The number of rotatable bonds is 7. The lowest BCUT2D eigenvalue weighted by Crippen LogP contribution is -2.24. The average Bonchev–Trinajstić information content (AvgIpc) is 2.54. The van der Waals surface area contributed by atoms with Gasteiger partial charge in [-0.3, -0.25) is 4.79 Å². The second-order valence-electron chi connectivity index (χ2n) is 6.27. The zero-order chi connectivity index (χ0) is 20.3. The molecule has 0 aliphatic heterocycles. The number of pyridine rings is 1. The van der Waals surface area contributed by atoms with Crippen molar-refractivity contribution in [3.05, 3.63) is 44.7 Å². The summed E-state index contributed by atoms with van der Waals surface area (Å²) in [6.45, 7) is 4.33. The van der Waals surface area contributed by atoms with E-state index in [1.54, 1.807) is 0 Å². The molecule has 0 atom stereocenters. The Labute approximate surface area is 159 Å². The highest BCUT2D eigenvalue weighted by Crippen LogP contribution is 2.37. The van der Waals surface area contributed by atoms with Gasteiger partial charge in [-0.1, -0.05) is 25.4 Å². The third kappa shape index (κ3) is 4.40. The summed E-state index contributed by atoms with van der Waals surface area (Å²) in [4.78, 5) is 37.6. The first-order chi connectivity index (χ1) is 12.6. The molecule has 2 aromatic rings. The Morgan fingerprint density at radius 2 is 1.85 bits per heavy atom. The lowest BCUT2D eigenvalue weighted by molar-refractivity contribution is 0.0695. The van der Waals surface area contributed by atoms with Crippen LogP contribution in [0.2, 0.25) is 5.02 Å². The van der Waals surface area contributed by atoms with E-state index in [0.717, 1.165) is 6.42 Å². The number of aromatic amines is 1. The molecule has 0 saturated carbocycles. The summed E-state index contributed by atoms with van der Waals surface area (Å²) in [6, 6.07) is 4.36. The molecule has 0 amide bonds. The molecule has 5 N–H and O–H groups in total. The van der Waals surface area contributed by atoms with Crippen LogP contribution in [0.5, 0.6) is 5.75 Å². The highest BCUT2D eigenvalue weighted by Gasteiger charge is 2.28. The molecule has 1 aromatic heterocycles. The van der Waals surface area contributed by atoms with E-state index in [4.69, 9.17) is 22.1 Å². The second-order valence-corrected chi connectivity index (χ2v) is 6.71. The summed E-state index contributed by atoms with van der Waals surface area (Å²) in [5, 5.41) is 19.2. The van der Waals surface area contributed by atoms with Gasteiger partial charge < -0.3 is 25.7 Å². The van der Waals surface area contributed by atoms with Crippen molar-refractivity contribution in [2.75, 3.05) is 12.3 Å². The van der Waals surface area contributed by atoms with Gasteiger partial charge in [-0.25, -0.2) is 9.59 Å². The highest BCUT2D eigenvalue weighted by atomic mass is 35.5. The smallest absolute Gasteiger partial charge is 0.342 e. The number of aromatic carboxylic acids is 2. The van der Waals surface area contributed by atoms with E-state index in [1.807, 2.05) is 13.8 Å². The van der Waals surface area contributed by atoms with Crippen LogP contribution in [0.15, 0.2) is 23.0 Å². The van der Waals surface area contributed by atoms with Gasteiger partial charge in [0.05, 0.1) is 6.61 Å². The Kier molecular flexibility index (Phi) is 6.12. The van der Waals surface area contributed by atoms with Gasteiger partial charge in [-0.2, -0.15) is 0 Å². The molecule has 0 aliphatic rings. The number of carboxylic acid groups (broad SMARTS) is 2. The summed E-state index contributed by atoms with van der Waals surface area (Å²) < 4.78 is 5.71. The summed E-state index contributed by atoms with van der Waals surface area (Å²) in [7, 11) is 0. The van der Waals surface area contributed by atoms with Crippen molar-refractivity contribution in [3.8, 4) is 16.9 Å². The Bertz CT molecular complexity index is 952.